The summed E-state index contributed by atoms with van der Waals surface area (Å²) in [4.78, 5) is 8.17. The van der Waals surface area contributed by atoms with Gasteiger partial charge in [0.1, 0.15) is 6.07 Å². The van der Waals surface area contributed by atoms with Crippen LogP contribution in [0.1, 0.15) is 29.5 Å². The molecule has 1 aliphatic heterocycles. The molecule has 3 aromatic rings. The van der Waals surface area contributed by atoms with E-state index < -0.39 is 0 Å². The van der Waals surface area contributed by atoms with Crippen LogP contribution in [0.2, 0.25) is 0 Å². The molecule has 0 unspecified atom stereocenters. The van der Waals surface area contributed by atoms with Crippen molar-refractivity contribution in [2.75, 3.05) is 25.0 Å². The molecule has 0 saturated carbocycles. The number of nitrogens with zero attached hydrogens (tertiary/aromatic N) is 3. The highest BCUT2D eigenvalue weighted by atomic mass is 32.1. The van der Waals surface area contributed by atoms with Crippen LogP contribution in [0.25, 0.3) is 11.5 Å². The first kappa shape index (κ1) is 16.8. The van der Waals surface area contributed by atoms with Crippen LogP contribution in [-0.4, -0.2) is 29.5 Å². The smallest absolute Gasteiger partial charge is 0.232 e. The SMILES string of the molecule is N#Cc1nc(-c2ccccc2)oc1NC[C@H](c1cccs1)N1CCCC1. The minimum absolute atomic E-state index is 0.286. The van der Waals surface area contributed by atoms with E-state index in [1.807, 2.05) is 30.3 Å². The molecule has 0 aliphatic carbocycles. The van der Waals surface area contributed by atoms with E-state index in [0.717, 1.165) is 18.7 Å². The summed E-state index contributed by atoms with van der Waals surface area (Å²) in [7, 11) is 0. The maximum atomic E-state index is 9.42. The average molecular weight is 364 g/mol. The first-order valence-electron chi connectivity index (χ1n) is 8.83. The summed E-state index contributed by atoms with van der Waals surface area (Å²) in [6.45, 7) is 2.92. The number of likely N-dealkylation sites (tertiary alicyclic amines) is 1. The molecular formula is C20H20N4OS. The van der Waals surface area contributed by atoms with Gasteiger partial charge in [0.25, 0.3) is 0 Å². The number of rotatable bonds is 6. The third kappa shape index (κ3) is 3.50. The Morgan fingerprint density at radius 3 is 2.69 bits per heavy atom. The lowest BCUT2D eigenvalue weighted by atomic mass is 10.2. The number of benzene rings is 1. The van der Waals surface area contributed by atoms with E-state index in [1.54, 1.807) is 11.3 Å². The second-order valence-corrected chi connectivity index (χ2v) is 7.31. The molecule has 26 heavy (non-hydrogen) atoms. The maximum absolute atomic E-state index is 9.42. The number of anilines is 1. The molecule has 4 rings (SSSR count). The van der Waals surface area contributed by atoms with E-state index in [1.165, 1.54) is 17.7 Å². The Hall–Kier alpha value is -2.62. The van der Waals surface area contributed by atoms with E-state index in [0.29, 0.717) is 24.0 Å². The topological polar surface area (TPSA) is 65.1 Å². The molecule has 0 amide bonds. The largest absolute Gasteiger partial charge is 0.419 e. The Labute approximate surface area is 156 Å². The number of oxazole rings is 1. The van der Waals surface area contributed by atoms with Crippen molar-refractivity contribution in [1.29, 1.82) is 5.26 Å². The normalized spacial score (nSPS) is 15.7. The predicted molar refractivity (Wildman–Crippen MR) is 103 cm³/mol. The summed E-state index contributed by atoms with van der Waals surface area (Å²) in [5, 5.41) is 14.9. The minimum Gasteiger partial charge on any atom is -0.419 e. The molecule has 3 heterocycles. The van der Waals surface area contributed by atoms with Gasteiger partial charge < -0.3 is 9.73 Å². The van der Waals surface area contributed by atoms with Crippen molar-refractivity contribution in [3.63, 3.8) is 0 Å². The molecule has 1 aliphatic rings. The predicted octanol–water partition coefficient (Wildman–Crippen LogP) is 4.52. The van der Waals surface area contributed by atoms with Crippen molar-refractivity contribution in [3.05, 3.63) is 58.4 Å². The van der Waals surface area contributed by atoms with Crippen molar-refractivity contribution in [2.45, 2.75) is 18.9 Å². The van der Waals surface area contributed by atoms with Crippen LogP contribution in [0.4, 0.5) is 5.88 Å². The van der Waals surface area contributed by atoms with Gasteiger partial charge in [-0.15, -0.1) is 11.3 Å². The van der Waals surface area contributed by atoms with E-state index >= 15 is 0 Å². The molecule has 1 saturated heterocycles. The van der Waals surface area contributed by atoms with E-state index in [4.69, 9.17) is 4.42 Å². The van der Waals surface area contributed by atoms with Gasteiger partial charge in [0.2, 0.25) is 17.5 Å². The maximum Gasteiger partial charge on any atom is 0.232 e. The highest BCUT2D eigenvalue weighted by Gasteiger charge is 2.25. The van der Waals surface area contributed by atoms with Gasteiger partial charge in [-0.2, -0.15) is 10.2 Å². The lowest BCUT2D eigenvalue weighted by Crippen LogP contribution is -2.30. The van der Waals surface area contributed by atoms with Crippen molar-refractivity contribution in [2.24, 2.45) is 0 Å². The lowest BCUT2D eigenvalue weighted by molar-refractivity contribution is 0.258. The number of nitriles is 1. The zero-order chi connectivity index (χ0) is 17.8. The first-order valence-corrected chi connectivity index (χ1v) is 9.71. The summed E-state index contributed by atoms with van der Waals surface area (Å²) in [6, 6.07) is 16.3. The van der Waals surface area contributed by atoms with Crippen LogP contribution in [-0.2, 0) is 0 Å². The van der Waals surface area contributed by atoms with Gasteiger partial charge in [0.05, 0.1) is 6.04 Å². The molecule has 1 N–H and O–H groups in total. The zero-order valence-corrected chi connectivity index (χ0v) is 15.2. The van der Waals surface area contributed by atoms with Gasteiger partial charge in [-0.05, 0) is 49.5 Å². The molecule has 5 nitrogen and oxygen atoms in total. The highest BCUT2D eigenvalue weighted by molar-refractivity contribution is 7.10. The molecular weight excluding hydrogens is 344 g/mol. The van der Waals surface area contributed by atoms with Gasteiger partial charge in [-0.1, -0.05) is 24.3 Å². The van der Waals surface area contributed by atoms with Crippen molar-refractivity contribution >= 4 is 17.2 Å². The van der Waals surface area contributed by atoms with Gasteiger partial charge in [0.15, 0.2) is 0 Å². The molecule has 1 atom stereocenters. The molecule has 1 aromatic carbocycles. The number of thiophene rings is 1. The Kier molecular flexibility index (Phi) is 5.00. The summed E-state index contributed by atoms with van der Waals surface area (Å²) in [5.74, 6) is 0.922. The van der Waals surface area contributed by atoms with Crippen molar-refractivity contribution < 1.29 is 4.42 Å². The number of hydrogen-bond acceptors (Lipinski definition) is 6. The molecule has 6 heteroatoms. The Morgan fingerprint density at radius 1 is 1.19 bits per heavy atom. The van der Waals surface area contributed by atoms with Gasteiger partial charge in [-0.3, -0.25) is 4.90 Å². The van der Waals surface area contributed by atoms with Gasteiger partial charge in [-0.25, -0.2) is 0 Å². The summed E-state index contributed by atoms with van der Waals surface area (Å²) < 4.78 is 5.86. The summed E-state index contributed by atoms with van der Waals surface area (Å²) >= 11 is 1.77. The monoisotopic (exact) mass is 364 g/mol. The molecule has 1 fully saturated rings. The third-order valence-electron chi connectivity index (χ3n) is 4.66. The lowest BCUT2D eigenvalue weighted by Gasteiger charge is -2.26. The fourth-order valence-corrected chi connectivity index (χ4v) is 4.21. The van der Waals surface area contributed by atoms with Crippen LogP contribution in [0.3, 0.4) is 0 Å². The highest BCUT2D eigenvalue weighted by Crippen LogP contribution is 2.30. The second kappa shape index (κ2) is 7.73. The number of hydrogen-bond donors (Lipinski definition) is 1. The van der Waals surface area contributed by atoms with Crippen LogP contribution in [0.15, 0.2) is 52.3 Å². The zero-order valence-electron chi connectivity index (χ0n) is 14.4. The summed E-state index contributed by atoms with van der Waals surface area (Å²) in [6.07, 6.45) is 2.48. The van der Waals surface area contributed by atoms with Crippen molar-refractivity contribution in [1.82, 2.24) is 9.88 Å². The molecule has 2 aromatic heterocycles. The van der Waals surface area contributed by atoms with E-state index in [9.17, 15) is 5.26 Å². The Balaban J connectivity index is 1.54. The molecule has 0 bridgehead atoms. The van der Waals surface area contributed by atoms with Gasteiger partial charge in [0, 0.05) is 17.0 Å². The molecule has 0 radical (unpaired) electrons. The number of nitrogens with one attached hydrogen (secondary N) is 1. The minimum atomic E-state index is 0.286. The standard InChI is InChI=1S/C20H20N4OS/c21-13-16-20(25-19(23-16)15-7-2-1-3-8-15)22-14-17(18-9-6-12-26-18)24-10-4-5-11-24/h1-3,6-9,12,17,22H,4-5,10-11,14H2/t17-/m1/s1. The Morgan fingerprint density at radius 2 is 2.00 bits per heavy atom. The van der Waals surface area contributed by atoms with Crippen LogP contribution in [0, 0.1) is 11.3 Å². The Bertz CT molecular complexity index is 876. The van der Waals surface area contributed by atoms with Crippen molar-refractivity contribution in [3.8, 4) is 17.5 Å². The quantitative estimate of drug-likeness (QED) is 0.696. The van der Waals surface area contributed by atoms with Crippen LogP contribution >= 0.6 is 11.3 Å². The fraction of sp³-hybridized carbons (Fsp3) is 0.300. The molecule has 0 spiro atoms. The van der Waals surface area contributed by atoms with E-state index in [-0.39, 0.29) is 6.04 Å². The third-order valence-corrected chi connectivity index (χ3v) is 5.64. The van der Waals surface area contributed by atoms with Crippen LogP contribution in [0.5, 0.6) is 0 Å². The summed E-state index contributed by atoms with van der Waals surface area (Å²) in [5.41, 5.74) is 1.17. The van der Waals surface area contributed by atoms with Gasteiger partial charge >= 0.3 is 0 Å². The average Bonchev–Trinajstić information content (AvgIpc) is 3.45. The fourth-order valence-electron chi connectivity index (χ4n) is 3.35. The molecule has 132 valence electrons. The van der Waals surface area contributed by atoms with Crippen LogP contribution < -0.4 is 5.32 Å². The second-order valence-electron chi connectivity index (χ2n) is 6.33. The first-order chi connectivity index (χ1) is 12.8. The van der Waals surface area contributed by atoms with E-state index in [2.05, 4.69) is 38.8 Å². The number of aromatic nitrogens is 1.